The highest BCUT2D eigenvalue weighted by molar-refractivity contribution is 8.00. The minimum atomic E-state index is -0.325. The number of thioether (sulfide) groups is 1. The van der Waals surface area contributed by atoms with Gasteiger partial charge in [-0.3, -0.25) is 4.79 Å². The molecule has 1 N–H and O–H groups in total. The predicted octanol–water partition coefficient (Wildman–Crippen LogP) is 4.55. The van der Waals surface area contributed by atoms with Gasteiger partial charge in [0.05, 0.1) is 22.5 Å². The van der Waals surface area contributed by atoms with Gasteiger partial charge in [0.2, 0.25) is 5.91 Å². The molecule has 7 heteroatoms. The van der Waals surface area contributed by atoms with Crippen LogP contribution in [0.3, 0.4) is 0 Å². The van der Waals surface area contributed by atoms with E-state index in [0.717, 1.165) is 33.0 Å². The van der Waals surface area contributed by atoms with Crippen LogP contribution in [0.25, 0.3) is 16.7 Å². The molecule has 0 fully saturated rings. The number of hydrogen-bond donors (Lipinski definition) is 1. The van der Waals surface area contributed by atoms with E-state index in [1.165, 1.54) is 23.7 Å². The fourth-order valence-electron chi connectivity index (χ4n) is 3.08. The van der Waals surface area contributed by atoms with Gasteiger partial charge >= 0.3 is 0 Å². The minimum absolute atomic E-state index is 0.0656. The summed E-state index contributed by atoms with van der Waals surface area (Å²) in [6.07, 6.45) is 3.26. The number of hydrogen-bond acceptors (Lipinski definition) is 5. The maximum Gasteiger partial charge on any atom is 0.237 e. The Bertz CT molecular complexity index is 1170. The Kier molecular flexibility index (Phi) is 5.31. The zero-order chi connectivity index (χ0) is 20.4. The Morgan fingerprint density at radius 3 is 2.66 bits per heavy atom. The third kappa shape index (κ3) is 4.00. The van der Waals surface area contributed by atoms with Crippen LogP contribution in [0.15, 0.2) is 66.1 Å². The molecule has 6 nitrogen and oxygen atoms in total. The summed E-state index contributed by atoms with van der Waals surface area (Å²) in [5.74, 6) is -0.0656. The molecule has 29 heavy (non-hydrogen) atoms. The van der Waals surface area contributed by atoms with E-state index in [-0.39, 0.29) is 11.2 Å². The number of carbonyl (C=O) groups is 1. The monoisotopic (exact) mass is 403 g/mol. The lowest BCUT2D eigenvalue weighted by atomic mass is 10.1. The van der Waals surface area contributed by atoms with E-state index < -0.39 is 0 Å². The maximum atomic E-state index is 12.7. The highest BCUT2D eigenvalue weighted by Gasteiger charge is 2.19. The minimum Gasteiger partial charge on any atom is -0.325 e. The third-order valence-electron chi connectivity index (χ3n) is 4.63. The summed E-state index contributed by atoms with van der Waals surface area (Å²) in [6, 6.07) is 15.8. The van der Waals surface area contributed by atoms with Crippen molar-refractivity contribution in [3.63, 3.8) is 0 Å². The predicted molar refractivity (Wildman–Crippen MR) is 117 cm³/mol. The molecule has 0 saturated carbocycles. The van der Waals surface area contributed by atoms with Crippen molar-refractivity contribution in [2.75, 3.05) is 5.32 Å². The lowest BCUT2D eigenvalue weighted by molar-refractivity contribution is -0.115. The third-order valence-corrected chi connectivity index (χ3v) is 5.74. The van der Waals surface area contributed by atoms with Crippen molar-refractivity contribution in [3.05, 3.63) is 72.2 Å². The van der Waals surface area contributed by atoms with Gasteiger partial charge in [0.15, 0.2) is 5.65 Å². The first-order chi connectivity index (χ1) is 14.0. The number of aryl methyl sites for hydroxylation is 2. The fraction of sp³-hybridized carbons (Fsp3) is 0.182. The van der Waals surface area contributed by atoms with Crippen LogP contribution < -0.4 is 5.32 Å². The number of anilines is 1. The van der Waals surface area contributed by atoms with E-state index in [1.807, 2.05) is 63.2 Å². The van der Waals surface area contributed by atoms with Crippen molar-refractivity contribution >= 4 is 34.4 Å². The Morgan fingerprint density at radius 1 is 1.10 bits per heavy atom. The van der Waals surface area contributed by atoms with Crippen molar-refractivity contribution in [1.82, 2.24) is 19.7 Å². The number of carbonyl (C=O) groups excluding carboxylic acids is 1. The molecule has 1 atom stereocenters. The highest BCUT2D eigenvalue weighted by atomic mass is 32.2. The van der Waals surface area contributed by atoms with E-state index in [4.69, 9.17) is 0 Å². The summed E-state index contributed by atoms with van der Waals surface area (Å²) in [4.78, 5) is 21.5. The van der Waals surface area contributed by atoms with Crippen molar-refractivity contribution < 1.29 is 4.79 Å². The SMILES string of the molecule is Cc1ccc(NC(=O)C(C)Sc2ncnc3c2cnn3-c2ccccc2)c(C)c1. The zero-order valence-corrected chi connectivity index (χ0v) is 17.3. The molecule has 0 bridgehead atoms. The summed E-state index contributed by atoms with van der Waals surface area (Å²) in [6.45, 7) is 5.90. The smallest absolute Gasteiger partial charge is 0.237 e. The second-order valence-electron chi connectivity index (χ2n) is 6.88. The van der Waals surface area contributed by atoms with Crippen LogP contribution in [0.2, 0.25) is 0 Å². The van der Waals surface area contributed by atoms with Gasteiger partial charge in [0.1, 0.15) is 11.4 Å². The second-order valence-corrected chi connectivity index (χ2v) is 8.21. The first-order valence-corrected chi connectivity index (χ1v) is 10.2. The van der Waals surface area contributed by atoms with Crippen molar-refractivity contribution in [1.29, 1.82) is 0 Å². The number of fused-ring (bicyclic) bond motifs is 1. The first-order valence-electron chi connectivity index (χ1n) is 9.32. The van der Waals surface area contributed by atoms with Crippen LogP contribution in [0.4, 0.5) is 5.69 Å². The van der Waals surface area contributed by atoms with Crippen LogP contribution in [-0.4, -0.2) is 30.9 Å². The Balaban J connectivity index is 1.56. The van der Waals surface area contributed by atoms with Gasteiger partial charge < -0.3 is 5.32 Å². The van der Waals surface area contributed by atoms with E-state index in [1.54, 1.807) is 10.9 Å². The molecule has 0 aliphatic heterocycles. The second kappa shape index (κ2) is 8.05. The number of rotatable bonds is 5. The largest absolute Gasteiger partial charge is 0.325 e. The van der Waals surface area contributed by atoms with Crippen molar-refractivity contribution in [2.45, 2.75) is 31.0 Å². The van der Waals surface area contributed by atoms with Gasteiger partial charge in [-0.2, -0.15) is 5.10 Å². The molecule has 0 saturated heterocycles. The Morgan fingerprint density at radius 2 is 1.90 bits per heavy atom. The molecule has 2 aromatic carbocycles. The zero-order valence-electron chi connectivity index (χ0n) is 16.5. The number of benzene rings is 2. The van der Waals surface area contributed by atoms with Crippen LogP contribution in [-0.2, 0) is 4.79 Å². The average molecular weight is 404 g/mol. The number of para-hydroxylation sites is 1. The summed E-state index contributed by atoms with van der Waals surface area (Å²) in [5.41, 5.74) is 4.69. The lowest BCUT2D eigenvalue weighted by Crippen LogP contribution is -2.23. The normalized spacial score (nSPS) is 12.1. The summed E-state index contributed by atoms with van der Waals surface area (Å²) in [5, 5.41) is 8.72. The molecular formula is C22H21N5OS. The Labute approximate surface area is 173 Å². The molecule has 4 rings (SSSR count). The van der Waals surface area contributed by atoms with Gasteiger partial charge in [-0.25, -0.2) is 14.6 Å². The standard InChI is InChI=1S/C22H21N5OS/c1-14-9-10-19(15(2)11-14)26-21(28)16(3)29-22-18-12-25-27(20(18)23-13-24-22)17-7-5-4-6-8-17/h4-13,16H,1-3H3,(H,26,28). The molecule has 0 spiro atoms. The summed E-state index contributed by atoms with van der Waals surface area (Å²) in [7, 11) is 0. The molecule has 4 aromatic rings. The maximum absolute atomic E-state index is 12.7. The van der Waals surface area contributed by atoms with Gasteiger partial charge in [-0.05, 0) is 44.5 Å². The van der Waals surface area contributed by atoms with Crippen molar-refractivity contribution in [3.8, 4) is 5.69 Å². The van der Waals surface area contributed by atoms with Gasteiger partial charge in [-0.15, -0.1) is 0 Å². The number of nitrogens with zero attached hydrogens (tertiary/aromatic N) is 4. The van der Waals surface area contributed by atoms with Crippen molar-refractivity contribution in [2.24, 2.45) is 0 Å². The fourth-order valence-corrected chi connectivity index (χ4v) is 3.96. The molecule has 0 aliphatic rings. The van der Waals surface area contributed by atoms with E-state index in [0.29, 0.717) is 0 Å². The van der Waals surface area contributed by atoms with Gasteiger partial charge in [0, 0.05) is 5.69 Å². The molecule has 0 radical (unpaired) electrons. The van der Waals surface area contributed by atoms with Crippen LogP contribution >= 0.6 is 11.8 Å². The van der Waals surface area contributed by atoms with Gasteiger partial charge in [-0.1, -0.05) is 47.7 Å². The van der Waals surface area contributed by atoms with Crippen LogP contribution in [0, 0.1) is 13.8 Å². The quantitative estimate of drug-likeness (QED) is 0.391. The number of amides is 1. The van der Waals surface area contributed by atoms with E-state index in [2.05, 4.69) is 26.4 Å². The lowest BCUT2D eigenvalue weighted by Gasteiger charge is -2.14. The molecule has 146 valence electrons. The molecule has 1 amide bonds. The Hall–Kier alpha value is -3.19. The van der Waals surface area contributed by atoms with E-state index >= 15 is 0 Å². The molecule has 2 heterocycles. The molecule has 0 aliphatic carbocycles. The highest BCUT2D eigenvalue weighted by Crippen LogP contribution is 2.29. The van der Waals surface area contributed by atoms with E-state index in [9.17, 15) is 4.79 Å². The van der Waals surface area contributed by atoms with Crippen LogP contribution in [0.1, 0.15) is 18.1 Å². The van der Waals surface area contributed by atoms with Crippen LogP contribution in [0.5, 0.6) is 0 Å². The van der Waals surface area contributed by atoms with Gasteiger partial charge in [0.25, 0.3) is 0 Å². The molecule has 1 unspecified atom stereocenters. The molecule has 2 aromatic heterocycles. The first kappa shape index (κ1) is 19.1. The number of nitrogens with one attached hydrogen (secondary N) is 1. The molecular weight excluding hydrogens is 382 g/mol. The summed E-state index contributed by atoms with van der Waals surface area (Å²) < 4.78 is 1.78. The number of aromatic nitrogens is 4. The topological polar surface area (TPSA) is 72.7 Å². The summed E-state index contributed by atoms with van der Waals surface area (Å²) >= 11 is 1.40. The average Bonchev–Trinajstić information content (AvgIpc) is 3.16.